The van der Waals surface area contributed by atoms with Gasteiger partial charge in [0, 0.05) is 62.6 Å². The van der Waals surface area contributed by atoms with E-state index in [-0.39, 0.29) is 18.2 Å². The maximum absolute atomic E-state index is 12.8. The standard InChI is InChI=1S/C23H30ClF2N5O2/c1-28-10-12-29(13-11-28)15-17-4-7-30(8-5-17)22(32)16-31-9-6-20(27-31)19-14-18(24)2-3-21(19)33-23(25)26/h2-3,6,9,14,17,23H,4-5,7-8,10-13,15-16H2,1H3. The average Bonchev–Trinajstić information content (AvgIpc) is 3.25. The fraction of sp³-hybridized carbons (Fsp3) is 0.565. The van der Waals surface area contributed by atoms with Gasteiger partial charge in [-0.05, 0) is 50.1 Å². The van der Waals surface area contributed by atoms with Gasteiger partial charge in [-0.1, -0.05) is 11.6 Å². The molecule has 2 aromatic rings. The number of hydrogen-bond donors (Lipinski definition) is 0. The Kier molecular flexibility index (Phi) is 7.82. The predicted molar refractivity (Wildman–Crippen MR) is 123 cm³/mol. The van der Waals surface area contributed by atoms with Crippen LogP contribution in [0.1, 0.15) is 12.8 Å². The lowest BCUT2D eigenvalue weighted by molar-refractivity contribution is -0.133. The summed E-state index contributed by atoms with van der Waals surface area (Å²) < 4.78 is 31.6. The molecule has 2 fully saturated rings. The van der Waals surface area contributed by atoms with E-state index in [0.717, 1.165) is 58.7 Å². The van der Waals surface area contributed by atoms with Gasteiger partial charge >= 0.3 is 6.61 Å². The zero-order valence-corrected chi connectivity index (χ0v) is 19.6. The number of alkyl halides is 2. The van der Waals surface area contributed by atoms with E-state index in [1.165, 1.54) is 22.9 Å². The summed E-state index contributed by atoms with van der Waals surface area (Å²) in [5, 5.41) is 4.78. The van der Waals surface area contributed by atoms with Crippen LogP contribution in [0.15, 0.2) is 30.5 Å². The number of piperazine rings is 1. The van der Waals surface area contributed by atoms with Crippen LogP contribution in [-0.2, 0) is 11.3 Å². The number of amides is 1. The van der Waals surface area contributed by atoms with E-state index >= 15 is 0 Å². The summed E-state index contributed by atoms with van der Waals surface area (Å²) in [6.07, 6.45) is 3.69. The molecule has 10 heteroatoms. The number of benzene rings is 1. The zero-order chi connectivity index (χ0) is 23.4. The third-order valence-corrected chi connectivity index (χ3v) is 6.69. The zero-order valence-electron chi connectivity index (χ0n) is 18.8. The molecule has 33 heavy (non-hydrogen) atoms. The number of rotatable bonds is 7. The Bertz CT molecular complexity index is 941. The van der Waals surface area contributed by atoms with Crippen LogP contribution in [0, 0.1) is 5.92 Å². The minimum atomic E-state index is -2.95. The van der Waals surface area contributed by atoms with Crippen molar-refractivity contribution in [1.82, 2.24) is 24.5 Å². The lowest BCUT2D eigenvalue weighted by Gasteiger charge is -2.38. The molecule has 2 saturated heterocycles. The first kappa shape index (κ1) is 23.9. The van der Waals surface area contributed by atoms with Crippen molar-refractivity contribution in [3.8, 4) is 17.0 Å². The molecule has 0 N–H and O–H groups in total. The lowest BCUT2D eigenvalue weighted by atomic mass is 9.96. The number of likely N-dealkylation sites (tertiary alicyclic amines) is 1. The van der Waals surface area contributed by atoms with Crippen molar-refractivity contribution in [1.29, 1.82) is 0 Å². The summed E-state index contributed by atoms with van der Waals surface area (Å²) in [5.74, 6) is 0.635. The largest absolute Gasteiger partial charge is 0.434 e. The minimum absolute atomic E-state index is 0.00611. The third kappa shape index (κ3) is 6.43. The fourth-order valence-electron chi connectivity index (χ4n) is 4.49. The van der Waals surface area contributed by atoms with E-state index in [0.29, 0.717) is 22.2 Å². The Morgan fingerprint density at radius 3 is 2.58 bits per heavy atom. The molecule has 0 unspecified atom stereocenters. The highest BCUT2D eigenvalue weighted by atomic mass is 35.5. The van der Waals surface area contributed by atoms with Crippen molar-refractivity contribution in [3.05, 3.63) is 35.5 Å². The van der Waals surface area contributed by atoms with Crippen molar-refractivity contribution in [2.45, 2.75) is 26.0 Å². The Labute approximate surface area is 197 Å². The predicted octanol–water partition coefficient (Wildman–Crippen LogP) is 3.29. The number of piperidine rings is 1. The molecule has 1 amide bonds. The molecule has 2 aliphatic rings. The summed E-state index contributed by atoms with van der Waals surface area (Å²) in [7, 11) is 2.16. The van der Waals surface area contributed by atoms with E-state index in [2.05, 4.69) is 26.7 Å². The Morgan fingerprint density at radius 2 is 1.88 bits per heavy atom. The van der Waals surface area contributed by atoms with E-state index in [9.17, 15) is 13.6 Å². The molecule has 4 rings (SSSR count). The summed E-state index contributed by atoms with van der Waals surface area (Å²) in [4.78, 5) is 19.6. The van der Waals surface area contributed by atoms with Gasteiger partial charge in [0.2, 0.25) is 5.91 Å². The van der Waals surface area contributed by atoms with Gasteiger partial charge in [0.1, 0.15) is 12.3 Å². The highest BCUT2D eigenvalue weighted by Gasteiger charge is 2.26. The van der Waals surface area contributed by atoms with Gasteiger partial charge < -0.3 is 19.4 Å². The van der Waals surface area contributed by atoms with Crippen LogP contribution >= 0.6 is 11.6 Å². The van der Waals surface area contributed by atoms with Gasteiger partial charge in [0.15, 0.2) is 0 Å². The van der Waals surface area contributed by atoms with Gasteiger partial charge in [-0.15, -0.1) is 0 Å². The van der Waals surface area contributed by atoms with Gasteiger partial charge in [-0.3, -0.25) is 9.48 Å². The minimum Gasteiger partial charge on any atom is -0.434 e. The molecule has 3 heterocycles. The van der Waals surface area contributed by atoms with Crippen LogP contribution < -0.4 is 4.74 Å². The molecule has 180 valence electrons. The summed E-state index contributed by atoms with van der Waals surface area (Å²) >= 11 is 6.03. The smallest absolute Gasteiger partial charge is 0.387 e. The maximum atomic E-state index is 12.8. The average molecular weight is 482 g/mol. The second-order valence-electron chi connectivity index (χ2n) is 8.85. The number of nitrogens with zero attached hydrogens (tertiary/aromatic N) is 5. The van der Waals surface area contributed by atoms with Crippen molar-refractivity contribution in [2.24, 2.45) is 5.92 Å². The van der Waals surface area contributed by atoms with Crippen LogP contribution in [-0.4, -0.2) is 89.9 Å². The Balaban J connectivity index is 1.30. The maximum Gasteiger partial charge on any atom is 0.387 e. The molecule has 0 aliphatic carbocycles. The summed E-state index contributed by atoms with van der Waals surface area (Å²) in [6, 6.07) is 6.06. The van der Waals surface area contributed by atoms with Gasteiger partial charge in [-0.25, -0.2) is 0 Å². The molecule has 2 aliphatic heterocycles. The van der Waals surface area contributed by atoms with Crippen LogP contribution in [0.2, 0.25) is 5.02 Å². The van der Waals surface area contributed by atoms with Gasteiger partial charge in [0.05, 0.1) is 5.69 Å². The molecular formula is C23H30ClF2N5O2. The van der Waals surface area contributed by atoms with E-state index in [4.69, 9.17) is 11.6 Å². The molecular weight excluding hydrogens is 452 g/mol. The number of likely N-dealkylation sites (N-methyl/N-ethyl adjacent to an activating group) is 1. The first-order chi connectivity index (χ1) is 15.9. The van der Waals surface area contributed by atoms with Crippen molar-refractivity contribution < 1.29 is 18.3 Å². The number of aromatic nitrogens is 2. The first-order valence-corrected chi connectivity index (χ1v) is 11.7. The number of ether oxygens (including phenoxy) is 1. The Hall–Kier alpha value is -2.23. The first-order valence-electron chi connectivity index (χ1n) is 11.3. The van der Waals surface area contributed by atoms with Gasteiger partial charge in [-0.2, -0.15) is 13.9 Å². The summed E-state index contributed by atoms with van der Waals surface area (Å²) in [6.45, 7) is 4.26. The van der Waals surface area contributed by atoms with E-state index in [1.54, 1.807) is 12.3 Å². The van der Waals surface area contributed by atoms with Crippen molar-refractivity contribution in [2.75, 3.05) is 52.9 Å². The topological polar surface area (TPSA) is 53.8 Å². The molecule has 0 atom stereocenters. The second kappa shape index (κ2) is 10.8. The van der Waals surface area contributed by atoms with Gasteiger partial charge in [0.25, 0.3) is 0 Å². The van der Waals surface area contributed by atoms with Crippen LogP contribution in [0.25, 0.3) is 11.3 Å². The van der Waals surface area contributed by atoms with Crippen LogP contribution in [0.4, 0.5) is 8.78 Å². The number of carbonyl (C=O) groups excluding carboxylic acids is 1. The molecule has 0 saturated carbocycles. The molecule has 0 bridgehead atoms. The molecule has 7 nitrogen and oxygen atoms in total. The van der Waals surface area contributed by atoms with Crippen LogP contribution in [0.3, 0.4) is 0 Å². The highest BCUT2D eigenvalue weighted by molar-refractivity contribution is 6.30. The molecule has 1 aromatic heterocycles. The summed E-state index contributed by atoms with van der Waals surface area (Å²) in [5.41, 5.74) is 0.783. The fourth-order valence-corrected chi connectivity index (χ4v) is 4.67. The quantitative estimate of drug-likeness (QED) is 0.607. The van der Waals surface area contributed by atoms with E-state index < -0.39 is 6.61 Å². The number of hydrogen-bond acceptors (Lipinski definition) is 5. The Morgan fingerprint density at radius 1 is 1.15 bits per heavy atom. The molecule has 0 radical (unpaired) electrons. The van der Waals surface area contributed by atoms with Crippen LogP contribution in [0.5, 0.6) is 5.75 Å². The van der Waals surface area contributed by atoms with Crippen molar-refractivity contribution >= 4 is 17.5 Å². The molecule has 0 spiro atoms. The SMILES string of the molecule is CN1CCN(CC2CCN(C(=O)Cn3ccc(-c4cc(Cl)ccc4OC(F)F)n3)CC2)CC1. The monoisotopic (exact) mass is 481 g/mol. The second-order valence-corrected chi connectivity index (χ2v) is 9.28. The molecule has 1 aromatic carbocycles. The highest BCUT2D eigenvalue weighted by Crippen LogP contribution is 2.32. The third-order valence-electron chi connectivity index (χ3n) is 6.45. The lowest BCUT2D eigenvalue weighted by Crippen LogP contribution is -2.48. The van der Waals surface area contributed by atoms with Crippen molar-refractivity contribution in [3.63, 3.8) is 0 Å². The number of carbonyl (C=O) groups is 1. The number of halogens is 3. The normalized spacial score (nSPS) is 18.8. The van der Waals surface area contributed by atoms with E-state index in [1.807, 2.05) is 4.90 Å².